The van der Waals surface area contributed by atoms with Gasteiger partial charge in [-0.05, 0) is 47.6 Å². The average molecular weight is 358 g/mol. The van der Waals surface area contributed by atoms with Crippen LogP contribution in [0.4, 0.5) is 0 Å². The lowest BCUT2D eigenvalue weighted by atomic mass is 9.94. The fourth-order valence-corrected chi connectivity index (χ4v) is 3.81. The smallest absolute Gasteiger partial charge is 0.252 e. The monoisotopic (exact) mass is 358 g/mol. The van der Waals surface area contributed by atoms with E-state index < -0.39 is 0 Å². The number of benzene rings is 1. The van der Waals surface area contributed by atoms with Gasteiger partial charge in [-0.25, -0.2) is 0 Å². The van der Waals surface area contributed by atoms with Crippen LogP contribution in [0.15, 0.2) is 34.9 Å². The third-order valence-corrected chi connectivity index (χ3v) is 5.21. The average Bonchev–Trinajstić information content (AvgIpc) is 3.22. The fraction of sp³-hybridized carbons (Fsp3) is 0.333. The number of methoxy groups -OCH3 is 2. The summed E-state index contributed by atoms with van der Waals surface area (Å²) in [5.74, 6) is 2.09. The molecule has 1 aromatic carbocycles. The van der Waals surface area contributed by atoms with Crippen LogP contribution in [-0.4, -0.2) is 41.1 Å². The third-order valence-electron chi connectivity index (χ3n) is 4.76. The fourth-order valence-electron chi connectivity index (χ4n) is 3.47. The second-order valence-corrected chi connectivity index (χ2v) is 6.48. The summed E-state index contributed by atoms with van der Waals surface area (Å²) in [6.45, 7) is 0.945. The number of fused-ring (bicyclic) bond motifs is 2. The van der Waals surface area contributed by atoms with Crippen molar-refractivity contribution in [2.75, 3.05) is 14.2 Å². The van der Waals surface area contributed by atoms with Crippen molar-refractivity contribution in [3.63, 3.8) is 0 Å². The first kappa shape index (κ1) is 16.0. The second kappa shape index (κ2) is 6.07. The summed E-state index contributed by atoms with van der Waals surface area (Å²) in [5.41, 5.74) is 2.19. The molecule has 1 saturated heterocycles. The number of hydrogen-bond donors (Lipinski definition) is 0. The molecule has 3 heterocycles. The number of ether oxygens (including phenoxy) is 2. The van der Waals surface area contributed by atoms with Gasteiger partial charge in [-0.15, -0.1) is 0 Å². The zero-order valence-corrected chi connectivity index (χ0v) is 14.8. The predicted molar refractivity (Wildman–Crippen MR) is 94.4 cm³/mol. The molecule has 0 radical (unpaired) electrons. The maximum absolute atomic E-state index is 12.9. The van der Waals surface area contributed by atoms with Crippen molar-refractivity contribution >= 4 is 23.2 Å². The van der Waals surface area contributed by atoms with Crippen molar-refractivity contribution in [1.29, 1.82) is 0 Å². The van der Waals surface area contributed by atoms with Gasteiger partial charge in [0.1, 0.15) is 11.8 Å². The normalized spacial score (nSPS) is 19.0. The topological polar surface area (TPSA) is 55.2 Å². The van der Waals surface area contributed by atoms with Gasteiger partial charge >= 0.3 is 0 Å². The van der Waals surface area contributed by atoms with E-state index in [2.05, 4.69) is 0 Å². The van der Waals surface area contributed by atoms with Crippen LogP contribution >= 0.6 is 12.2 Å². The van der Waals surface area contributed by atoms with E-state index in [1.807, 2.05) is 23.1 Å². The molecule has 0 bridgehead atoms. The molecular weight excluding hydrogens is 340 g/mol. The Morgan fingerprint density at radius 3 is 2.60 bits per heavy atom. The standard InChI is InChI=1S/C18H18N2O4S/c1-22-15-7-11-6-14-17(21)20(10-13-4-3-5-24-13)18(25)19(14)9-12(11)8-16(15)23-2/h3-5,7-8,14H,6,9-10H2,1-2H3/t14-/m0/s1. The minimum absolute atomic E-state index is 0.0156. The number of amides is 1. The van der Waals surface area contributed by atoms with Crippen molar-refractivity contribution in [1.82, 2.24) is 9.80 Å². The molecular formula is C18H18N2O4S. The first-order valence-electron chi connectivity index (χ1n) is 8.00. The molecule has 7 heteroatoms. The van der Waals surface area contributed by atoms with Crippen molar-refractivity contribution in [3.8, 4) is 11.5 Å². The Labute approximate surface area is 150 Å². The van der Waals surface area contributed by atoms with E-state index in [4.69, 9.17) is 26.1 Å². The molecule has 2 aliphatic rings. The number of hydrogen-bond acceptors (Lipinski definition) is 5. The highest BCUT2D eigenvalue weighted by molar-refractivity contribution is 7.80. The van der Waals surface area contributed by atoms with Crippen LogP contribution in [0.25, 0.3) is 0 Å². The molecule has 0 aliphatic carbocycles. The summed E-state index contributed by atoms with van der Waals surface area (Å²) in [6, 6.07) is 7.30. The minimum atomic E-state index is -0.270. The summed E-state index contributed by atoms with van der Waals surface area (Å²) in [4.78, 5) is 16.5. The molecule has 130 valence electrons. The Balaban J connectivity index is 1.64. The lowest BCUT2D eigenvalue weighted by Gasteiger charge is -2.31. The van der Waals surface area contributed by atoms with Crippen molar-refractivity contribution in [2.24, 2.45) is 0 Å². The predicted octanol–water partition coefficient (Wildman–Crippen LogP) is 2.35. The molecule has 0 saturated carbocycles. The number of thiocarbonyl (C=S) groups is 1. The van der Waals surface area contributed by atoms with Gasteiger partial charge in [0.25, 0.3) is 5.91 Å². The van der Waals surface area contributed by atoms with Gasteiger partial charge in [0, 0.05) is 13.0 Å². The van der Waals surface area contributed by atoms with Crippen LogP contribution in [-0.2, 0) is 24.3 Å². The highest BCUT2D eigenvalue weighted by Gasteiger charge is 2.45. The van der Waals surface area contributed by atoms with Crippen LogP contribution in [0.3, 0.4) is 0 Å². The van der Waals surface area contributed by atoms with E-state index in [0.717, 1.165) is 16.9 Å². The van der Waals surface area contributed by atoms with E-state index in [1.165, 1.54) is 0 Å². The van der Waals surface area contributed by atoms with Gasteiger partial charge < -0.3 is 18.8 Å². The number of carbonyl (C=O) groups is 1. The van der Waals surface area contributed by atoms with E-state index >= 15 is 0 Å². The molecule has 1 atom stereocenters. The van der Waals surface area contributed by atoms with Crippen molar-refractivity contribution in [2.45, 2.75) is 25.6 Å². The second-order valence-electron chi connectivity index (χ2n) is 6.11. The number of nitrogens with zero attached hydrogens (tertiary/aromatic N) is 2. The van der Waals surface area contributed by atoms with E-state index in [9.17, 15) is 4.79 Å². The zero-order valence-electron chi connectivity index (χ0n) is 14.0. The van der Waals surface area contributed by atoms with Gasteiger partial charge in [0.15, 0.2) is 16.6 Å². The molecule has 0 unspecified atom stereocenters. The Kier molecular flexibility index (Phi) is 3.88. The Hall–Kier alpha value is -2.54. The van der Waals surface area contributed by atoms with Gasteiger partial charge in [-0.3, -0.25) is 9.69 Å². The Morgan fingerprint density at radius 1 is 1.24 bits per heavy atom. The molecule has 2 aromatic rings. The molecule has 0 N–H and O–H groups in total. The first-order valence-corrected chi connectivity index (χ1v) is 8.41. The van der Waals surface area contributed by atoms with Crippen LogP contribution in [0.5, 0.6) is 11.5 Å². The summed E-state index contributed by atoms with van der Waals surface area (Å²) >= 11 is 5.56. The van der Waals surface area contributed by atoms with E-state index in [-0.39, 0.29) is 11.9 Å². The van der Waals surface area contributed by atoms with Crippen molar-refractivity contribution < 1.29 is 18.7 Å². The molecule has 6 nitrogen and oxygen atoms in total. The van der Waals surface area contributed by atoms with Gasteiger partial charge in [0.05, 0.1) is 27.0 Å². The molecule has 1 amide bonds. The maximum atomic E-state index is 12.9. The van der Waals surface area contributed by atoms with Gasteiger partial charge in [0.2, 0.25) is 0 Å². The largest absolute Gasteiger partial charge is 0.493 e. The molecule has 4 rings (SSSR count). The van der Waals surface area contributed by atoms with Crippen LogP contribution in [0, 0.1) is 0 Å². The molecule has 1 fully saturated rings. The number of furan rings is 1. The molecule has 2 aliphatic heterocycles. The van der Waals surface area contributed by atoms with E-state index in [0.29, 0.717) is 36.1 Å². The van der Waals surface area contributed by atoms with Crippen LogP contribution < -0.4 is 9.47 Å². The van der Waals surface area contributed by atoms with Gasteiger partial charge in [-0.2, -0.15) is 0 Å². The van der Waals surface area contributed by atoms with Crippen molar-refractivity contribution in [3.05, 3.63) is 47.4 Å². The quantitative estimate of drug-likeness (QED) is 0.782. The summed E-state index contributed by atoms with van der Waals surface area (Å²) in [7, 11) is 3.23. The lowest BCUT2D eigenvalue weighted by molar-refractivity contribution is -0.128. The summed E-state index contributed by atoms with van der Waals surface area (Å²) < 4.78 is 16.1. The maximum Gasteiger partial charge on any atom is 0.252 e. The summed E-state index contributed by atoms with van der Waals surface area (Å²) in [5, 5.41) is 0.548. The zero-order chi connectivity index (χ0) is 17.6. The molecule has 0 spiro atoms. The minimum Gasteiger partial charge on any atom is -0.493 e. The first-order chi connectivity index (χ1) is 12.1. The Morgan fingerprint density at radius 2 is 1.96 bits per heavy atom. The van der Waals surface area contributed by atoms with Crippen LogP contribution in [0.1, 0.15) is 16.9 Å². The molecule has 1 aromatic heterocycles. The highest BCUT2D eigenvalue weighted by Crippen LogP contribution is 2.37. The third kappa shape index (κ3) is 2.55. The van der Waals surface area contributed by atoms with Gasteiger partial charge in [-0.1, -0.05) is 0 Å². The lowest BCUT2D eigenvalue weighted by Crippen LogP contribution is -2.40. The number of rotatable bonds is 4. The number of carbonyl (C=O) groups excluding carboxylic acids is 1. The van der Waals surface area contributed by atoms with Crippen LogP contribution in [0.2, 0.25) is 0 Å². The molecule has 25 heavy (non-hydrogen) atoms. The Bertz CT molecular complexity index is 783. The van der Waals surface area contributed by atoms with E-state index in [1.54, 1.807) is 31.4 Å². The highest BCUT2D eigenvalue weighted by atomic mass is 32.1. The SMILES string of the molecule is COc1cc2c(cc1OC)CN1C(=S)N(Cc3ccco3)C(=O)[C@@H]1C2. The summed E-state index contributed by atoms with van der Waals surface area (Å²) in [6.07, 6.45) is 2.20.